The molecule has 0 heterocycles. The van der Waals surface area contributed by atoms with Gasteiger partial charge in [-0.15, -0.1) is 0 Å². The number of benzene rings is 1. The van der Waals surface area contributed by atoms with Crippen molar-refractivity contribution in [3.63, 3.8) is 0 Å². The maximum absolute atomic E-state index is 11.9. The van der Waals surface area contributed by atoms with Crippen LogP contribution in [0.5, 0.6) is 0 Å². The summed E-state index contributed by atoms with van der Waals surface area (Å²) in [5.74, 6) is 0.552. The molecule has 4 nitrogen and oxygen atoms in total. The van der Waals surface area contributed by atoms with Gasteiger partial charge in [-0.1, -0.05) is 41.9 Å². The third-order valence-corrected chi connectivity index (χ3v) is 3.40. The molecular formula is C16H25BrN2O2. The third-order valence-electron chi connectivity index (χ3n) is 2.87. The summed E-state index contributed by atoms with van der Waals surface area (Å²) in [5, 5.41) is 2.90. The Morgan fingerprint density at radius 3 is 2.62 bits per heavy atom. The van der Waals surface area contributed by atoms with Gasteiger partial charge in [-0.05, 0) is 30.0 Å². The number of hydrogen-bond donors (Lipinski definition) is 1. The highest BCUT2D eigenvalue weighted by atomic mass is 79.9. The Bertz CT molecular complexity index is 421. The van der Waals surface area contributed by atoms with Crippen molar-refractivity contribution < 1.29 is 9.53 Å². The van der Waals surface area contributed by atoms with Crippen molar-refractivity contribution in [2.45, 2.75) is 26.8 Å². The second-order valence-corrected chi connectivity index (χ2v) is 6.45. The van der Waals surface area contributed by atoms with Gasteiger partial charge in [0.05, 0.1) is 0 Å². The first-order chi connectivity index (χ1) is 9.99. The van der Waals surface area contributed by atoms with Gasteiger partial charge in [-0.3, -0.25) is 0 Å². The molecule has 1 aromatic carbocycles. The van der Waals surface area contributed by atoms with Crippen molar-refractivity contribution in [1.29, 1.82) is 0 Å². The molecule has 1 aromatic rings. The van der Waals surface area contributed by atoms with Crippen LogP contribution in [0.3, 0.4) is 0 Å². The van der Waals surface area contributed by atoms with Crippen molar-refractivity contribution in [3.05, 3.63) is 34.3 Å². The van der Waals surface area contributed by atoms with E-state index in [4.69, 9.17) is 4.74 Å². The van der Waals surface area contributed by atoms with Gasteiger partial charge in [0, 0.05) is 37.8 Å². The first kappa shape index (κ1) is 18.0. The van der Waals surface area contributed by atoms with Crippen molar-refractivity contribution in [2.24, 2.45) is 5.92 Å². The van der Waals surface area contributed by atoms with Crippen LogP contribution in [0, 0.1) is 5.92 Å². The van der Waals surface area contributed by atoms with Gasteiger partial charge in [-0.25, -0.2) is 4.79 Å². The fourth-order valence-corrected chi connectivity index (χ4v) is 2.02. The predicted molar refractivity (Wildman–Crippen MR) is 89.3 cm³/mol. The van der Waals surface area contributed by atoms with E-state index in [0.29, 0.717) is 25.6 Å². The second-order valence-electron chi connectivity index (χ2n) is 5.54. The van der Waals surface area contributed by atoms with Gasteiger partial charge < -0.3 is 15.0 Å². The monoisotopic (exact) mass is 356 g/mol. The van der Waals surface area contributed by atoms with Crippen LogP contribution in [0.15, 0.2) is 28.7 Å². The average Bonchev–Trinajstić information content (AvgIpc) is 2.44. The number of nitrogens with one attached hydrogen (secondary N) is 1. The van der Waals surface area contributed by atoms with Crippen LogP contribution in [0.2, 0.25) is 0 Å². The summed E-state index contributed by atoms with van der Waals surface area (Å²) >= 11 is 3.40. The zero-order valence-electron chi connectivity index (χ0n) is 13.1. The summed E-state index contributed by atoms with van der Waals surface area (Å²) < 4.78 is 6.52. The van der Waals surface area contributed by atoms with Gasteiger partial charge in [0.2, 0.25) is 0 Å². The number of ether oxygens (including phenoxy) is 1. The Hall–Kier alpha value is -1.07. The minimum Gasteiger partial charge on any atom is -0.381 e. The molecule has 0 spiro atoms. The molecule has 0 atom stereocenters. The van der Waals surface area contributed by atoms with Crippen LogP contribution in [0.4, 0.5) is 4.79 Å². The summed E-state index contributed by atoms with van der Waals surface area (Å²) in [6.45, 7) is 6.95. The van der Waals surface area contributed by atoms with E-state index in [9.17, 15) is 4.79 Å². The van der Waals surface area contributed by atoms with Crippen LogP contribution >= 0.6 is 15.9 Å². The molecule has 0 unspecified atom stereocenters. The molecule has 0 bridgehead atoms. The maximum Gasteiger partial charge on any atom is 0.317 e. The Labute approximate surface area is 136 Å². The van der Waals surface area contributed by atoms with Crippen molar-refractivity contribution in [3.8, 4) is 0 Å². The molecule has 1 rings (SSSR count). The highest BCUT2D eigenvalue weighted by Gasteiger charge is 2.08. The molecule has 0 aliphatic rings. The zero-order chi connectivity index (χ0) is 15.7. The van der Waals surface area contributed by atoms with Crippen molar-refractivity contribution >= 4 is 22.0 Å². The number of nitrogens with zero attached hydrogens (tertiary/aromatic N) is 1. The number of halogens is 1. The van der Waals surface area contributed by atoms with Crippen LogP contribution < -0.4 is 5.32 Å². The highest BCUT2D eigenvalue weighted by molar-refractivity contribution is 9.10. The number of carbonyl (C=O) groups is 1. The lowest BCUT2D eigenvalue weighted by atomic mass is 10.2. The summed E-state index contributed by atoms with van der Waals surface area (Å²) in [6, 6.07) is 7.92. The van der Waals surface area contributed by atoms with E-state index in [1.165, 1.54) is 0 Å². The number of amides is 2. The molecule has 0 saturated carbocycles. The molecule has 2 amide bonds. The van der Waals surface area contributed by atoms with E-state index in [2.05, 4.69) is 35.1 Å². The fraction of sp³-hybridized carbons (Fsp3) is 0.562. The second kappa shape index (κ2) is 9.79. The molecule has 0 aliphatic heterocycles. The van der Waals surface area contributed by atoms with Gasteiger partial charge >= 0.3 is 6.03 Å². The Morgan fingerprint density at radius 1 is 1.33 bits per heavy atom. The quantitative estimate of drug-likeness (QED) is 0.722. The van der Waals surface area contributed by atoms with Gasteiger partial charge in [0.15, 0.2) is 0 Å². The van der Waals surface area contributed by atoms with E-state index < -0.39 is 0 Å². The predicted octanol–water partition coefficient (Wildman–Crippen LogP) is 3.65. The molecule has 5 heteroatoms. The molecule has 21 heavy (non-hydrogen) atoms. The Balaban J connectivity index is 2.18. The van der Waals surface area contributed by atoms with E-state index in [-0.39, 0.29) is 6.03 Å². The first-order valence-electron chi connectivity index (χ1n) is 7.30. The lowest BCUT2D eigenvalue weighted by molar-refractivity contribution is 0.108. The van der Waals surface area contributed by atoms with E-state index in [1.807, 2.05) is 24.3 Å². The van der Waals surface area contributed by atoms with Crippen LogP contribution in [0.1, 0.15) is 25.8 Å². The topological polar surface area (TPSA) is 41.6 Å². The fourth-order valence-electron chi connectivity index (χ4n) is 1.76. The lowest BCUT2D eigenvalue weighted by Crippen LogP contribution is -2.37. The number of carbonyl (C=O) groups excluding carboxylic acids is 1. The number of urea groups is 1. The average molecular weight is 357 g/mol. The highest BCUT2D eigenvalue weighted by Crippen LogP contribution is 2.11. The van der Waals surface area contributed by atoms with E-state index in [0.717, 1.165) is 23.1 Å². The Kier molecular flexibility index (Phi) is 8.38. The summed E-state index contributed by atoms with van der Waals surface area (Å²) in [4.78, 5) is 13.6. The molecule has 0 aliphatic carbocycles. The standard InChI is InChI=1S/C16H25BrN2O2/c1-13(2)12-21-10-4-9-18-16(20)19(3)11-14-5-7-15(17)8-6-14/h5-8,13H,4,9-12H2,1-3H3,(H,18,20). The van der Waals surface area contributed by atoms with E-state index in [1.54, 1.807) is 11.9 Å². The molecule has 0 radical (unpaired) electrons. The van der Waals surface area contributed by atoms with E-state index >= 15 is 0 Å². The smallest absolute Gasteiger partial charge is 0.317 e. The number of hydrogen-bond acceptors (Lipinski definition) is 2. The largest absolute Gasteiger partial charge is 0.381 e. The first-order valence-corrected chi connectivity index (χ1v) is 8.09. The minimum atomic E-state index is -0.0539. The maximum atomic E-state index is 11.9. The number of rotatable bonds is 8. The van der Waals surface area contributed by atoms with Crippen LogP contribution in [-0.2, 0) is 11.3 Å². The third kappa shape index (κ3) is 8.07. The SMILES string of the molecule is CC(C)COCCCNC(=O)N(C)Cc1ccc(Br)cc1. The Morgan fingerprint density at radius 2 is 2.00 bits per heavy atom. The molecular weight excluding hydrogens is 332 g/mol. The summed E-state index contributed by atoms with van der Waals surface area (Å²) in [5.41, 5.74) is 1.11. The van der Waals surface area contributed by atoms with Crippen molar-refractivity contribution in [2.75, 3.05) is 26.8 Å². The summed E-state index contributed by atoms with van der Waals surface area (Å²) in [6.07, 6.45) is 0.838. The normalized spacial score (nSPS) is 10.7. The van der Waals surface area contributed by atoms with Gasteiger partial charge in [0.25, 0.3) is 0 Å². The zero-order valence-corrected chi connectivity index (χ0v) is 14.6. The molecule has 0 saturated heterocycles. The molecule has 0 aromatic heterocycles. The van der Waals surface area contributed by atoms with Gasteiger partial charge in [-0.2, -0.15) is 0 Å². The molecule has 0 fully saturated rings. The van der Waals surface area contributed by atoms with Gasteiger partial charge in [0.1, 0.15) is 0 Å². The summed E-state index contributed by atoms with van der Waals surface area (Å²) in [7, 11) is 1.80. The lowest BCUT2D eigenvalue weighted by Gasteiger charge is -2.18. The van der Waals surface area contributed by atoms with Crippen LogP contribution in [0.25, 0.3) is 0 Å². The van der Waals surface area contributed by atoms with Crippen molar-refractivity contribution in [1.82, 2.24) is 10.2 Å². The minimum absolute atomic E-state index is 0.0539. The van der Waals surface area contributed by atoms with Crippen LogP contribution in [-0.4, -0.2) is 37.7 Å². The molecule has 1 N–H and O–H groups in total. The molecule has 118 valence electrons.